The van der Waals surface area contributed by atoms with Crippen LogP contribution in [0.15, 0.2) is 36.7 Å². The number of carboxylic acids is 1. The number of ether oxygens (including phenoxy) is 2. The van der Waals surface area contributed by atoms with Crippen LogP contribution in [0.1, 0.15) is 61.0 Å². The molecule has 0 saturated carbocycles. The number of amides is 1. The summed E-state index contributed by atoms with van der Waals surface area (Å²) >= 11 is 0. The van der Waals surface area contributed by atoms with Crippen molar-refractivity contribution in [3.8, 4) is 11.5 Å². The molecule has 4 heterocycles. The zero-order chi connectivity index (χ0) is 25.3. The molecule has 2 fully saturated rings. The minimum Gasteiger partial charge on any atom is -0.486 e. The Morgan fingerprint density at radius 2 is 1.75 bits per heavy atom. The van der Waals surface area contributed by atoms with E-state index in [1.807, 2.05) is 17.0 Å². The van der Waals surface area contributed by atoms with Crippen molar-refractivity contribution in [1.29, 1.82) is 0 Å². The van der Waals surface area contributed by atoms with Gasteiger partial charge in [-0.25, -0.2) is 0 Å². The number of rotatable bonds is 5. The topological polar surface area (TPSA) is 92.2 Å². The van der Waals surface area contributed by atoms with Crippen LogP contribution in [-0.4, -0.2) is 70.2 Å². The van der Waals surface area contributed by atoms with Crippen LogP contribution in [0.3, 0.4) is 0 Å². The van der Waals surface area contributed by atoms with Crippen LogP contribution in [0.4, 0.5) is 0 Å². The predicted octanol–water partition coefficient (Wildman–Crippen LogP) is 3.78. The second kappa shape index (κ2) is 9.73. The van der Waals surface area contributed by atoms with E-state index in [1.165, 1.54) is 11.8 Å². The fraction of sp³-hybridized carbons (Fsp3) is 0.536. The lowest BCUT2D eigenvalue weighted by Crippen LogP contribution is -2.48. The molecule has 8 nitrogen and oxygen atoms in total. The molecule has 36 heavy (non-hydrogen) atoms. The highest BCUT2D eigenvalue weighted by molar-refractivity contribution is 5.96. The molecule has 5 rings (SSSR count). The second-order valence-electron chi connectivity index (χ2n) is 11.1. The van der Waals surface area contributed by atoms with Crippen molar-refractivity contribution in [1.82, 2.24) is 14.8 Å². The van der Waals surface area contributed by atoms with E-state index in [9.17, 15) is 14.7 Å². The normalized spacial score (nSPS) is 20.8. The Morgan fingerprint density at radius 1 is 1.03 bits per heavy atom. The summed E-state index contributed by atoms with van der Waals surface area (Å²) < 4.78 is 12.2. The van der Waals surface area contributed by atoms with Gasteiger partial charge in [-0.05, 0) is 75.7 Å². The Bertz CT molecular complexity index is 1130. The van der Waals surface area contributed by atoms with E-state index in [-0.39, 0.29) is 23.3 Å². The largest absolute Gasteiger partial charge is 0.486 e. The van der Waals surface area contributed by atoms with Crippen molar-refractivity contribution in [2.24, 2.45) is 5.41 Å². The van der Waals surface area contributed by atoms with Gasteiger partial charge in [0.15, 0.2) is 11.5 Å². The Morgan fingerprint density at radius 3 is 2.47 bits per heavy atom. The number of hydrogen-bond donors (Lipinski definition) is 1. The molecule has 2 aromatic rings. The summed E-state index contributed by atoms with van der Waals surface area (Å²) in [7, 11) is 0. The highest BCUT2D eigenvalue weighted by Crippen LogP contribution is 2.43. The zero-order valence-corrected chi connectivity index (χ0v) is 21.2. The number of likely N-dealkylation sites (tertiary alicyclic amines) is 2. The average Bonchev–Trinajstić information content (AvgIpc) is 2.86. The number of pyridine rings is 1. The number of carbonyl (C=O) groups is 2. The van der Waals surface area contributed by atoms with E-state index in [1.54, 1.807) is 12.3 Å². The van der Waals surface area contributed by atoms with Crippen molar-refractivity contribution >= 4 is 11.9 Å². The van der Waals surface area contributed by atoms with E-state index in [0.717, 1.165) is 56.8 Å². The lowest BCUT2D eigenvalue weighted by Gasteiger charge is -2.47. The van der Waals surface area contributed by atoms with E-state index < -0.39 is 5.97 Å². The number of carbonyl (C=O) groups excluding carboxylic acids is 1. The van der Waals surface area contributed by atoms with Crippen LogP contribution in [0, 0.1) is 5.41 Å². The van der Waals surface area contributed by atoms with Crippen molar-refractivity contribution in [2.45, 2.75) is 58.1 Å². The maximum atomic E-state index is 13.2. The van der Waals surface area contributed by atoms with Crippen molar-refractivity contribution in [3.05, 3.63) is 53.3 Å². The van der Waals surface area contributed by atoms with Crippen LogP contribution in [-0.2, 0) is 17.8 Å². The Balaban J connectivity index is 1.17. The number of fused-ring (bicyclic) bond motifs is 1. The summed E-state index contributed by atoms with van der Waals surface area (Å²) in [5.41, 5.74) is 2.05. The number of aliphatic carboxylic acids is 1. The average molecular weight is 494 g/mol. The summed E-state index contributed by atoms with van der Waals surface area (Å²) in [4.78, 5) is 32.7. The predicted molar refractivity (Wildman–Crippen MR) is 134 cm³/mol. The molecule has 192 valence electrons. The van der Waals surface area contributed by atoms with Gasteiger partial charge < -0.3 is 19.5 Å². The molecule has 0 atom stereocenters. The summed E-state index contributed by atoms with van der Waals surface area (Å²) in [5.74, 6) is 0.664. The van der Waals surface area contributed by atoms with Gasteiger partial charge in [-0.15, -0.1) is 0 Å². The minimum absolute atomic E-state index is 0.0834. The molecule has 0 bridgehead atoms. The fourth-order valence-corrected chi connectivity index (χ4v) is 5.69. The van der Waals surface area contributed by atoms with E-state index in [2.05, 4.69) is 29.8 Å². The quantitative estimate of drug-likeness (QED) is 0.678. The van der Waals surface area contributed by atoms with Gasteiger partial charge in [-0.3, -0.25) is 19.5 Å². The van der Waals surface area contributed by atoms with Crippen LogP contribution < -0.4 is 9.47 Å². The summed E-state index contributed by atoms with van der Waals surface area (Å²) in [6.45, 7) is 8.96. The van der Waals surface area contributed by atoms with Gasteiger partial charge in [0.25, 0.3) is 5.91 Å². The number of hydrogen-bond acceptors (Lipinski definition) is 6. The van der Waals surface area contributed by atoms with Crippen LogP contribution >= 0.6 is 0 Å². The van der Waals surface area contributed by atoms with Crippen LogP contribution in [0.2, 0.25) is 0 Å². The van der Waals surface area contributed by atoms with Gasteiger partial charge in [0.1, 0.15) is 12.2 Å². The molecule has 1 spiro atoms. The molecule has 0 unspecified atom stereocenters. The number of carboxylic acid groups (broad SMARTS) is 1. The maximum absolute atomic E-state index is 13.2. The van der Waals surface area contributed by atoms with Gasteiger partial charge in [0.05, 0.1) is 6.42 Å². The molecule has 3 aliphatic rings. The fourth-order valence-electron chi connectivity index (χ4n) is 5.69. The van der Waals surface area contributed by atoms with E-state index in [0.29, 0.717) is 30.8 Å². The van der Waals surface area contributed by atoms with Gasteiger partial charge in [-0.2, -0.15) is 0 Å². The highest BCUT2D eigenvalue weighted by atomic mass is 16.6. The molecular formula is C28H35N3O5. The number of para-hydroxylation sites is 1. The van der Waals surface area contributed by atoms with Gasteiger partial charge >= 0.3 is 5.97 Å². The first-order valence-electron chi connectivity index (χ1n) is 12.8. The lowest BCUT2D eigenvalue weighted by atomic mass is 9.71. The summed E-state index contributed by atoms with van der Waals surface area (Å²) in [6.07, 6.45) is 7.06. The second-order valence-corrected chi connectivity index (χ2v) is 11.1. The van der Waals surface area contributed by atoms with Crippen LogP contribution in [0.5, 0.6) is 11.5 Å². The Kier molecular flexibility index (Phi) is 6.64. The maximum Gasteiger partial charge on any atom is 0.307 e. The molecule has 8 heteroatoms. The number of benzene rings is 1. The van der Waals surface area contributed by atoms with Gasteiger partial charge in [0, 0.05) is 43.2 Å². The molecule has 1 aromatic heterocycles. The molecule has 0 aliphatic carbocycles. The van der Waals surface area contributed by atoms with E-state index >= 15 is 0 Å². The highest BCUT2D eigenvalue weighted by Gasteiger charge is 2.39. The summed E-state index contributed by atoms with van der Waals surface area (Å²) in [6, 6.07) is 7.79. The molecule has 1 N–H and O–H groups in total. The molecule has 3 aliphatic heterocycles. The van der Waals surface area contributed by atoms with E-state index in [4.69, 9.17) is 9.47 Å². The number of aromatic nitrogens is 1. The van der Waals surface area contributed by atoms with Gasteiger partial charge in [-0.1, -0.05) is 12.1 Å². The summed E-state index contributed by atoms with van der Waals surface area (Å²) in [5, 5.41) is 9.18. The molecule has 1 aromatic carbocycles. The van der Waals surface area contributed by atoms with Crippen molar-refractivity contribution in [2.75, 3.05) is 32.8 Å². The van der Waals surface area contributed by atoms with Crippen LogP contribution in [0.25, 0.3) is 0 Å². The third-order valence-corrected chi connectivity index (χ3v) is 7.91. The first-order chi connectivity index (χ1) is 17.2. The smallest absolute Gasteiger partial charge is 0.307 e. The lowest BCUT2D eigenvalue weighted by molar-refractivity contribution is -0.136. The molecule has 0 radical (unpaired) electrons. The third kappa shape index (κ3) is 5.19. The molecule has 1 amide bonds. The molecule has 2 saturated heterocycles. The number of nitrogens with zero attached hydrogens (tertiary/aromatic N) is 3. The first-order valence-corrected chi connectivity index (χ1v) is 12.8. The van der Waals surface area contributed by atoms with Gasteiger partial charge in [0.2, 0.25) is 0 Å². The first kappa shape index (κ1) is 24.6. The zero-order valence-electron chi connectivity index (χ0n) is 21.2. The minimum atomic E-state index is -0.958. The monoisotopic (exact) mass is 493 g/mol. The standard InChI is InChI=1S/C28H35N3O5/c1-27(2)19-35-23-5-3-4-20(25(23)36-27)18-30-12-7-28(8-13-30)9-14-31(15-10-28)26(34)22-6-11-29-17-21(22)16-24(32)33/h3-6,11,17H,7-10,12-16,18-19H2,1-2H3,(H,32,33). The van der Waals surface area contributed by atoms with Crippen molar-refractivity contribution in [3.63, 3.8) is 0 Å². The Hall–Kier alpha value is -3.13. The Labute approximate surface area is 212 Å². The number of piperidine rings is 2. The van der Waals surface area contributed by atoms with Crippen molar-refractivity contribution < 1.29 is 24.2 Å². The third-order valence-electron chi connectivity index (χ3n) is 7.91. The molecular weight excluding hydrogens is 458 g/mol. The SMILES string of the molecule is CC1(C)COc2cccc(CN3CCC4(CC3)CCN(C(=O)c3ccncc3CC(=O)O)CC4)c2O1.